The zero-order valence-electron chi connectivity index (χ0n) is 16.5. The van der Waals surface area contributed by atoms with Crippen LogP contribution < -0.4 is 5.56 Å². The van der Waals surface area contributed by atoms with Crippen molar-refractivity contribution in [2.45, 2.75) is 59.4 Å². The van der Waals surface area contributed by atoms with E-state index in [-0.39, 0.29) is 17.0 Å². The van der Waals surface area contributed by atoms with E-state index in [1.807, 2.05) is 35.7 Å². The number of likely N-dealkylation sites (tertiary alicyclic amines) is 1. The minimum Gasteiger partial charge on any atom is -0.338 e. The second-order valence-corrected chi connectivity index (χ2v) is 7.63. The second kappa shape index (κ2) is 8.50. The van der Waals surface area contributed by atoms with Gasteiger partial charge in [-0.3, -0.25) is 14.3 Å². The molecule has 7 heteroatoms. The lowest BCUT2D eigenvalue weighted by molar-refractivity contribution is 0.0656. The summed E-state index contributed by atoms with van der Waals surface area (Å²) in [5.74, 6) is 0.161. The summed E-state index contributed by atoms with van der Waals surface area (Å²) in [5.41, 5.74) is 2.51. The predicted molar refractivity (Wildman–Crippen MR) is 104 cm³/mol. The number of nitrogens with one attached hydrogen (secondary N) is 1. The van der Waals surface area contributed by atoms with Crippen molar-refractivity contribution in [2.75, 3.05) is 13.1 Å². The number of nitrogens with zero attached hydrogens (tertiary/aromatic N) is 4. The third kappa shape index (κ3) is 4.64. The Labute approximate surface area is 159 Å². The Hall–Kier alpha value is -2.44. The van der Waals surface area contributed by atoms with Crippen LogP contribution in [0.15, 0.2) is 17.1 Å². The molecule has 0 radical (unpaired) electrons. The lowest BCUT2D eigenvalue weighted by Gasteiger charge is -2.32. The number of H-pyrrole nitrogens is 1. The first kappa shape index (κ1) is 19.3. The highest BCUT2D eigenvalue weighted by atomic mass is 16.2. The molecule has 1 N–H and O–H groups in total. The molecule has 0 saturated carbocycles. The van der Waals surface area contributed by atoms with Crippen molar-refractivity contribution in [3.63, 3.8) is 0 Å². The van der Waals surface area contributed by atoms with Crippen LogP contribution in [0.3, 0.4) is 0 Å². The maximum Gasteiger partial charge on any atom is 0.261 e. The van der Waals surface area contributed by atoms with Gasteiger partial charge in [-0.05, 0) is 57.1 Å². The second-order valence-electron chi connectivity index (χ2n) is 7.63. The number of hydrogen-bond donors (Lipinski definition) is 1. The topological polar surface area (TPSA) is 83.9 Å². The molecule has 7 nitrogen and oxygen atoms in total. The first-order valence-electron chi connectivity index (χ1n) is 9.86. The first-order valence-corrected chi connectivity index (χ1v) is 9.86. The number of carbonyl (C=O) groups is 1. The first-order chi connectivity index (χ1) is 13.0. The standard InChI is InChI=1S/C20H29N5O2/c1-4-5-8-17-13-25(23-22-17)12-16-7-6-9-24(11-16)20(27)18-14(2)10-15(3)21-19(18)26/h10,13,16H,4-9,11-12H2,1-3H3,(H,21,26)/t16-/m0/s1. The number of pyridine rings is 1. The van der Waals surface area contributed by atoms with Crippen molar-refractivity contribution in [3.8, 4) is 0 Å². The summed E-state index contributed by atoms with van der Waals surface area (Å²) in [5, 5.41) is 8.48. The van der Waals surface area contributed by atoms with Crippen LogP contribution in [0.5, 0.6) is 0 Å². The number of aromatic amines is 1. The van der Waals surface area contributed by atoms with Crippen LogP contribution in [-0.4, -0.2) is 43.9 Å². The Morgan fingerprint density at radius 3 is 2.93 bits per heavy atom. The summed E-state index contributed by atoms with van der Waals surface area (Å²) >= 11 is 0. The molecule has 1 atom stereocenters. The Balaban J connectivity index is 1.66. The summed E-state index contributed by atoms with van der Waals surface area (Å²) in [6, 6.07) is 1.85. The molecular weight excluding hydrogens is 342 g/mol. The molecule has 1 amide bonds. The quantitative estimate of drug-likeness (QED) is 0.845. The van der Waals surface area contributed by atoms with Crippen molar-refractivity contribution >= 4 is 5.91 Å². The summed E-state index contributed by atoms with van der Waals surface area (Å²) in [6.45, 7) is 7.92. The van der Waals surface area contributed by atoms with E-state index in [9.17, 15) is 9.59 Å². The van der Waals surface area contributed by atoms with Crippen LogP contribution >= 0.6 is 0 Å². The molecule has 1 aliphatic heterocycles. The van der Waals surface area contributed by atoms with Crippen molar-refractivity contribution < 1.29 is 4.79 Å². The fourth-order valence-corrected chi connectivity index (χ4v) is 3.84. The van der Waals surface area contributed by atoms with Crippen molar-refractivity contribution in [1.82, 2.24) is 24.9 Å². The molecule has 2 aromatic rings. The fourth-order valence-electron chi connectivity index (χ4n) is 3.84. The monoisotopic (exact) mass is 371 g/mol. The van der Waals surface area contributed by atoms with Gasteiger partial charge < -0.3 is 9.88 Å². The number of rotatable bonds is 6. The maximum absolute atomic E-state index is 12.9. The number of unbranched alkanes of at least 4 members (excludes halogenated alkanes) is 1. The van der Waals surface area contributed by atoms with Crippen LogP contribution in [0, 0.1) is 19.8 Å². The van der Waals surface area contributed by atoms with E-state index in [0.29, 0.717) is 19.0 Å². The van der Waals surface area contributed by atoms with Crippen molar-refractivity contribution in [2.24, 2.45) is 5.92 Å². The van der Waals surface area contributed by atoms with Crippen LogP contribution in [0.1, 0.15) is 59.9 Å². The Bertz CT molecular complexity index is 854. The number of aromatic nitrogens is 4. The van der Waals surface area contributed by atoms with Gasteiger partial charge >= 0.3 is 0 Å². The molecule has 3 heterocycles. The maximum atomic E-state index is 12.9. The van der Waals surface area contributed by atoms with Gasteiger partial charge in [0, 0.05) is 31.5 Å². The molecule has 3 rings (SSSR count). The number of hydrogen-bond acceptors (Lipinski definition) is 4. The third-order valence-electron chi connectivity index (χ3n) is 5.20. The number of carbonyl (C=O) groups excluding carboxylic acids is 1. The number of amides is 1. The Morgan fingerprint density at radius 2 is 2.19 bits per heavy atom. The molecule has 0 bridgehead atoms. The van der Waals surface area contributed by atoms with Gasteiger partial charge in [-0.2, -0.15) is 0 Å². The highest BCUT2D eigenvalue weighted by molar-refractivity contribution is 5.95. The SMILES string of the molecule is CCCCc1cn(C[C@H]2CCCN(C(=O)c3c(C)cc(C)[nH]c3=O)C2)nn1. The lowest BCUT2D eigenvalue weighted by atomic mass is 9.97. The zero-order chi connectivity index (χ0) is 19.4. The van der Waals surface area contributed by atoms with Gasteiger partial charge in [0.1, 0.15) is 5.56 Å². The Morgan fingerprint density at radius 1 is 1.37 bits per heavy atom. The molecule has 2 aromatic heterocycles. The molecule has 0 aromatic carbocycles. The molecule has 1 saturated heterocycles. The smallest absolute Gasteiger partial charge is 0.261 e. The van der Waals surface area contributed by atoms with Gasteiger partial charge in [-0.15, -0.1) is 5.10 Å². The zero-order valence-corrected chi connectivity index (χ0v) is 16.5. The van der Waals surface area contributed by atoms with Gasteiger partial charge in [0.25, 0.3) is 11.5 Å². The van der Waals surface area contributed by atoms with Gasteiger partial charge in [0.2, 0.25) is 0 Å². The fraction of sp³-hybridized carbons (Fsp3) is 0.600. The molecule has 0 spiro atoms. The minimum atomic E-state index is -0.295. The van der Waals surface area contributed by atoms with Crippen LogP contribution in [0.2, 0.25) is 0 Å². The molecule has 1 fully saturated rings. The van der Waals surface area contributed by atoms with E-state index < -0.39 is 0 Å². The van der Waals surface area contributed by atoms with E-state index in [0.717, 1.165) is 55.6 Å². The van der Waals surface area contributed by atoms with Gasteiger partial charge in [0.05, 0.1) is 5.69 Å². The van der Waals surface area contributed by atoms with E-state index in [1.165, 1.54) is 0 Å². The minimum absolute atomic E-state index is 0.166. The molecule has 27 heavy (non-hydrogen) atoms. The van der Waals surface area contributed by atoms with Gasteiger partial charge in [0.15, 0.2) is 0 Å². The van der Waals surface area contributed by atoms with Crippen LogP contribution in [0.25, 0.3) is 0 Å². The highest BCUT2D eigenvalue weighted by Crippen LogP contribution is 2.20. The van der Waals surface area contributed by atoms with Gasteiger partial charge in [-0.25, -0.2) is 0 Å². The van der Waals surface area contributed by atoms with E-state index >= 15 is 0 Å². The number of aryl methyl sites for hydroxylation is 3. The highest BCUT2D eigenvalue weighted by Gasteiger charge is 2.27. The van der Waals surface area contributed by atoms with Crippen molar-refractivity contribution in [1.29, 1.82) is 0 Å². The number of piperidine rings is 1. The summed E-state index contributed by atoms with van der Waals surface area (Å²) in [4.78, 5) is 29.8. The average molecular weight is 371 g/mol. The van der Waals surface area contributed by atoms with E-state index in [1.54, 1.807) is 0 Å². The molecule has 0 aliphatic carbocycles. The summed E-state index contributed by atoms with van der Waals surface area (Å²) < 4.78 is 1.90. The molecule has 0 unspecified atom stereocenters. The molecular formula is C20H29N5O2. The van der Waals surface area contributed by atoms with Crippen LogP contribution in [0.4, 0.5) is 0 Å². The van der Waals surface area contributed by atoms with Crippen LogP contribution in [-0.2, 0) is 13.0 Å². The third-order valence-corrected chi connectivity index (χ3v) is 5.20. The Kier molecular flexibility index (Phi) is 6.08. The summed E-state index contributed by atoms with van der Waals surface area (Å²) in [6.07, 6.45) is 7.24. The van der Waals surface area contributed by atoms with Crippen molar-refractivity contribution in [3.05, 3.63) is 45.1 Å². The largest absolute Gasteiger partial charge is 0.338 e. The predicted octanol–water partition coefficient (Wildman–Crippen LogP) is 2.48. The summed E-state index contributed by atoms with van der Waals surface area (Å²) in [7, 11) is 0. The molecule has 146 valence electrons. The molecule has 1 aliphatic rings. The van der Waals surface area contributed by atoms with Gasteiger partial charge in [-0.1, -0.05) is 18.6 Å². The average Bonchev–Trinajstić information content (AvgIpc) is 3.06. The van der Waals surface area contributed by atoms with E-state index in [2.05, 4.69) is 22.2 Å². The van der Waals surface area contributed by atoms with E-state index in [4.69, 9.17) is 0 Å². The normalized spacial score (nSPS) is 17.3. The lowest BCUT2D eigenvalue weighted by Crippen LogP contribution is -2.43.